The van der Waals surface area contributed by atoms with Gasteiger partial charge in [-0.05, 0) is 79.9 Å². The van der Waals surface area contributed by atoms with E-state index in [0.717, 1.165) is 0 Å². The summed E-state index contributed by atoms with van der Waals surface area (Å²) in [6, 6.07) is 23.6. The third kappa shape index (κ3) is 3.75. The number of benzene rings is 5. The van der Waals surface area contributed by atoms with Crippen molar-refractivity contribution in [2.75, 3.05) is 0 Å². The summed E-state index contributed by atoms with van der Waals surface area (Å²) in [5.41, 5.74) is 3.04. The fourth-order valence-corrected chi connectivity index (χ4v) is 5.75. The monoisotopic (exact) mass is 420 g/mol. The molecule has 0 heteroatoms. The van der Waals surface area contributed by atoms with Crippen LogP contribution in [-0.4, -0.2) is 0 Å². The van der Waals surface area contributed by atoms with Gasteiger partial charge < -0.3 is 0 Å². The second-order valence-corrected chi connectivity index (χ2v) is 9.62. The van der Waals surface area contributed by atoms with Crippen molar-refractivity contribution >= 4 is 43.1 Å². The first-order valence-corrected chi connectivity index (χ1v) is 12.9. The number of hydrogen-bond donors (Lipinski definition) is 0. The maximum atomic E-state index is 2.41. The Balaban J connectivity index is 1.67. The van der Waals surface area contributed by atoms with E-state index in [9.17, 15) is 0 Å². The molecule has 5 aromatic rings. The van der Waals surface area contributed by atoms with Gasteiger partial charge in [-0.15, -0.1) is 0 Å². The quantitative estimate of drug-likeness (QED) is 0.120. The lowest BCUT2D eigenvalue weighted by Gasteiger charge is -2.18. The first-order chi connectivity index (χ1) is 15.8. The van der Waals surface area contributed by atoms with Crippen LogP contribution in [0.1, 0.15) is 76.3 Å². The molecule has 0 saturated carbocycles. The minimum Gasteiger partial charge on any atom is -0.0654 e. The van der Waals surface area contributed by atoms with Gasteiger partial charge in [-0.2, -0.15) is 0 Å². The smallest absolute Gasteiger partial charge is 0.00236 e. The SMILES string of the molecule is CCCCCCc1ccc2c3ccc(CCCCCC)c4cccc(c5cccc1c52)c43. The molecule has 0 N–H and O–H groups in total. The predicted octanol–water partition coefficient (Wildman–Crippen LogP) is 9.98. The molecule has 0 aliphatic heterocycles. The van der Waals surface area contributed by atoms with Gasteiger partial charge in [0.2, 0.25) is 0 Å². The van der Waals surface area contributed by atoms with Crippen LogP contribution in [0.4, 0.5) is 0 Å². The molecular weight excluding hydrogens is 384 g/mol. The average molecular weight is 421 g/mol. The lowest BCUT2D eigenvalue weighted by atomic mass is 9.86. The Labute approximate surface area is 193 Å². The molecule has 0 unspecified atom stereocenters. The van der Waals surface area contributed by atoms with Crippen molar-refractivity contribution < 1.29 is 0 Å². The summed E-state index contributed by atoms with van der Waals surface area (Å²) >= 11 is 0. The minimum absolute atomic E-state index is 1.19. The van der Waals surface area contributed by atoms with Crippen molar-refractivity contribution in [2.24, 2.45) is 0 Å². The molecule has 5 aromatic carbocycles. The largest absolute Gasteiger partial charge is 0.0654 e. The fourth-order valence-electron chi connectivity index (χ4n) is 5.75. The van der Waals surface area contributed by atoms with E-state index in [0.29, 0.717) is 0 Å². The van der Waals surface area contributed by atoms with E-state index in [1.165, 1.54) is 118 Å². The molecule has 0 aromatic heterocycles. The molecule has 0 amide bonds. The average Bonchev–Trinajstić information content (AvgIpc) is 2.83. The van der Waals surface area contributed by atoms with Gasteiger partial charge in [0, 0.05) is 0 Å². The van der Waals surface area contributed by atoms with Crippen molar-refractivity contribution in [1.82, 2.24) is 0 Å². The normalized spacial score (nSPS) is 12.1. The zero-order valence-corrected chi connectivity index (χ0v) is 19.8. The summed E-state index contributed by atoms with van der Waals surface area (Å²) < 4.78 is 0. The summed E-state index contributed by atoms with van der Waals surface area (Å²) in [4.78, 5) is 0. The molecule has 0 aliphatic rings. The molecular formula is C32H36. The van der Waals surface area contributed by atoms with Crippen LogP contribution in [0.2, 0.25) is 0 Å². The van der Waals surface area contributed by atoms with E-state index in [-0.39, 0.29) is 0 Å². The van der Waals surface area contributed by atoms with E-state index in [1.807, 2.05) is 0 Å². The fraction of sp³-hybridized carbons (Fsp3) is 0.375. The molecule has 0 aliphatic carbocycles. The molecule has 0 radical (unpaired) electrons. The highest BCUT2D eigenvalue weighted by molar-refractivity contribution is 6.33. The summed E-state index contributed by atoms with van der Waals surface area (Å²) in [5.74, 6) is 0. The van der Waals surface area contributed by atoms with Crippen LogP contribution in [0.15, 0.2) is 60.7 Å². The van der Waals surface area contributed by atoms with Crippen molar-refractivity contribution in [3.8, 4) is 0 Å². The van der Waals surface area contributed by atoms with Crippen LogP contribution < -0.4 is 0 Å². The van der Waals surface area contributed by atoms with E-state index >= 15 is 0 Å². The highest BCUT2D eigenvalue weighted by Gasteiger charge is 2.15. The molecule has 0 spiro atoms. The summed E-state index contributed by atoms with van der Waals surface area (Å²) in [6.45, 7) is 4.58. The van der Waals surface area contributed by atoms with E-state index in [4.69, 9.17) is 0 Å². The first-order valence-electron chi connectivity index (χ1n) is 12.9. The van der Waals surface area contributed by atoms with E-state index in [1.54, 1.807) is 0 Å². The van der Waals surface area contributed by atoms with E-state index in [2.05, 4.69) is 74.5 Å². The third-order valence-corrected chi connectivity index (χ3v) is 7.44. The molecule has 0 saturated heterocycles. The number of fused-ring (bicyclic) bond motifs is 2. The lowest BCUT2D eigenvalue weighted by molar-refractivity contribution is 0.668. The molecule has 0 atom stereocenters. The molecule has 0 nitrogen and oxygen atoms in total. The number of unbranched alkanes of at least 4 members (excludes halogenated alkanes) is 6. The van der Waals surface area contributed by atoms with Crippen LogP contribution in [0.5, 0.6) is 0 Å². The predicted molar refractivity (Wildman–Crippen MR) is 143 cm³/mol. The topological polar surface area (TPSA) is 0 Å². The summed E-state index contributed by atoms with van der Waals surface area (Å²) in [5, 5.41) is 11.6. The Hall–Kier alpha value is -2.60. The van der Waals surface area contributed by atoms with Crippen LogP contribution in [0.25, 0.3) is 43.1 Å². The van der Waals surface area contributed by atoms with Crippen LogP contribution in [-0.2, 0) is 12.8 Å². The number of rotatable bonds is 10. The Kier molecular flexibility index (Phi) is 6.30. The van der Waals surface area contributed by atoms with Gasteiger partial charge in [0.05, 0.1) is 0 Å². The van der Waals surface area contributed by atoms with Gasteiger partial charge in [-0.1, -0.05) is 113 Å². The molecule has 164 valence electrons. The Morgan fingerprint density at radius 3 is 1.25 bits per heavy atom. The van der Waals surface area contributed by atoms with Crippen molar-refractivity contribution in [1.29, 1.82) is 0 Å². The summed E-state index contributed by atoms with van der Waals surface area (Å²) in [7, 11) is 0. The lowest BCUT2D eigenvalue weighted by Crippen LogP contribution is -1.94. The van der Waals surface area contributed by atoms with Gasteiger partial charge in [0.25, 0.3) is 0 Å². The van der Waals surface area contributed by atoms with Crippen LogP contribution in [0, 0.1) is 0 Å². The molecule has 0 fully saturated rings. The zero-order chi connectivity index (χ0) is 21.9. The van der Waals surface area contributed by atoms with Crippen LogP contribution >= 0.6 is 0 Å². The molecule has 5 rings (SSSR count). The molecule has 0 heterocycles. The molecule has 32 heavy (non-hydrogen) atoms. The maximum Gasteiger partial charge on any atom is -0.00236 e. The zero-order valence-electron chi connectivity index (χ0n) is 19.8. The van der Waals surface area contributed by atoms with Gasteiger partial charge in [0.15, 0.2) is 0 Å². The first kappa shape index (κ1) is 21.3. The van der Waals surface area contributed by atoms with Gasteiger partial charge in [-0.25, -0.2) is 0 Å². The Morgan fingerprint density at radius 1 is 0.406 bits per heavy atom. The Morgan fingerprint density at radius 2 is 0.812 bits per heavy atom. The minimum atomic E-state index is 1.19. The second-order valence-electron chi connectivity index (χ2n) is 9.62. The highest BCUT2D eigenvalue weighted by Crippen LogP contribution is 2.42. The van der Waals surface area contributed by atoms with Gasteiger partial charge >= 0.3 is 0 Å². The van der Waals surface area contributed by atoms with Crippen LogP contribution in [0.3, 0.4) is 0 Å². The van der Waals surface area contributed by atoms with E-state index < -0.39 is 0 Å². The van der Waals surface area contributed by atoms with Gasteiger partial charge in [0.1, 0.15) is 0 Å². The molecule has 0 bridgehead atoms. The van der Waals surface area contributed by atoms with Crippen molar-refractivity contribution in [3.63, 3.8) is 0 Å². The number of hydrogen-bond acceptors (Lipinski definition) is 0. The number of aryl methyl sites for hydroxylation is 2. The van der Waals surface area contributed by atoms with Crippen molar-refractivity contribution in [2.45, 2.75) is 78.1 Å². The maximum absolute atomic E-state index is 2.41. The standard InChI is InChI=1S/C32H36/c1-3-5-7-9-13-23-19-21-29-30-22-20-24(14-10-8-6-4-2)26-16-12-18-28(32(26)30)27-17-11-15-25(23)31(27)29/h11-12,15-22H,3-10,13-14H2,1-2H3. The van der Waals surface area contributed by atoms with Crippen molar-refractivity contribution in [3.05, 3.63) is 71.8 Å². The summed E-state index contributed by atoms with van der Waals surface area (Å²) in [6.07, 6.45) is 12.9. The Bertz CT molecular complexity index is 1220. The second kappa shape index (κ2) is 9.49. The highest BCUT2D eigenvalue weighted by atomic mass is 14.2. The third-order valence-electron chi connectivity index (χ3n) is 7.44. The van der Waals surface area contributed by atoms with Gasteiger partial charge in [-0.3, -0.25) is 0 Å².